The summed E-state index contributed by atoms with van der Waals surface area (Å²) >= 11 is 0. The Morgan fingerprint density at radius 1 is 1.43 bits per heavy atom. The third-order valence-corrected chi connectivity index (χ3v) is 1.74. The van der Waals surface area contributed by atoms with Gasteiger partial charge in [0.1, 0.15) is 6.04 Å². The average Bonchev–Trinajstić information content (AvgIpc) is 2.01. The molecule has 3 N–H and O–H groups in total. The Morgan fingerprint density at radius 2 is 1.93 bits per heavy atom. The van der Waals surface area contributed by atoms with Crippen molar-refractivity contribution in [3.8, 4) is 0 Å². The maximum atomic E-state index is 11.2. The number of carbonyl (C=O) groups is 2. The van der Waals surface area contributed by atoms with Crippen LogP contribution in [-0.2, 0) is 9.59 Å². The SMILES string of the molecule is C=C(C)C(=O)N[C@@H](CC(C)C)C(N)=O. The van der Waals surface area contributed by atoms with Gasteiger partial charge in [0, 0.05) is 5.57 Å². The minimum atomic E-state index is -0.598. The van der Waals surface area contributed by atoms with Crippen molar-refractivity contribution in [3.63, 3.8) is 0 Å². The van der Waals surface area contributed by atoms with Crippen molar-refractivity contribution in [1.82, 2.24) is 5.32 Å². The zero-order chi connectivity index (χ0) is 11.3. The Kier molecular flexibility index (Phi) is 4.91. The zero-order valence-corrected chi connectivity index (χ0v) is 8.96. The first kappa shape index (κ1) is 12.7. The molecule has 0 aromatic carbocycles. The van der Waals surface area contributed by atoms with Gasteiger partial charge in [0.2, 0.25) is 11.8 Å². The molecular formula is C10H18N2O2. The highest BCUT2D eigenvalue weighted by Gasteiger charge is 2.19. The second-order valence-electron chi connectivity index (χ2n) is 3.84. The minimum Gasteiger partial charge on any atom is -0.368 e. The monoisotopic (exact) mass is 198 g/mol. The summed E-state index contributed by atoms with van der Waals surface area (Å²) in [6.45, 7) is 8.99. The molecule has 80 valence electrons. The van der Waals surface area contributed by atoms with Crippen molar-refractivity contribution >= 4 is 11.8 Å². The van der Waals surface area contributed by atoms with Crippen LogP contribution in [0.2, 0.25) is 0 Å². The Labute approximate surface area is 84.5 Å². The van der Waals surface area contributed by atoms with Crippen LogP contribution in [0, 0.1) is 5.92 Å². The number of primary amides is 1. The normalized spacial score (nSPS) is 12.3. The van der Waals surface area contributed by atoms with Gasteiger partial charge >= 0.3 is 0 Å². The molecule has 0 aliphatic carbocycles. The first-order chi connectivity index (χ1) is 6.34. The zero-order valence-electron chi connectivity index (χ0n) is 8.96. The van der Waals surface area contributed by atoms with Gasteiger partial charge in [0.25, 0.3) is 0 Å². The van der Waals surface area contributed by atoms with Crippen LogP contribution in [0.4, 0.5) is 0 Å². The summed E-state index contributed by atoms with van der Waals surface area (Å²) in [5.41, 5.74) is 5.53. The third-order valence-electron chi connectivity index (χ3n) is 1.74. The van der Waals surface area contributed by atoms with E-state index in [2.05, 4.69) is 11.9 Å². The Morgan fingerprint density at radius 3 is 2.21 bits per heavy atom. The van der Waals surface area contributed by atoms with Crippen LogP contribution >= 0.6 is 0 Å². The van der Waals surface area contributed by atoms with Gasteiger partial charge in [-0.15, -0.1) is 0 Å². The number of nitrogens with one attached hydrogen (secondary N) is 1. The van der Waals surface area contributed by atoms with Crippen LogP contribution in [-0.4, -0.2) is 17.9 Å². The molecule has 14 heavy (non-hydrogen) atoms. The van der Waals surface area contributed by atoms with Gasteiger partial charge in [-0.1, -0.05) is 20.4 Å². The highest BCUT2D eigenvalue weighted by molar-refractivity contribution is 5.95. The van der Waals surface area contributed by atoms with Gasteiger partial charge in [-0.3, -0.25) is 9.59 Å². The summed E-state index contributed by atoms with van der Waals surface area (Å²) in [4.78, 5) is 22.2. The van der Waals surface area contributed by atoms with Gasteiger partial charge < -0.3 is 11.1 Å². The van der Waals surface area contributed by atoms with E-state index in [1.165, 1.54) is 0 Å². The van der Waals surface area contributed by atoms with Crippen molar-refractivity contribution in [3.05, 3.63) is 12.2 Å². The predicted octanol–water partition coefficient (Wildman–Crippen LogP) is 0.579. The molecule has 0 unspecified atom stereocenters. The van der Waals surface area contributed by atoms with Crippen molar-refractivity contribution < 1.29 is 9.59 Å². The van der Waals surface area contributed by atoms with Crippen molar-refractivity contribution in [2.75, 3.05) is 0 Å². The fraction of sp³-hybridized carbons (Fsp3) is 0.600. The van der Waals surface area contributed by atoms with Crippen LogP contribution in [0.25, 0.3) is 0 Å². The van der Waals surface area contributed by atoms with E-state index in [9.17, 15) is 9.59 Å². The Balaban J connectivity index is 4.31. The molecule has 0 radical (unpaired) electrons. The van der Waals surface area contributed by atoms with Crippen LogP contribution in [0.1, 0.15) is 27.2 Å². The Hall–Kier alpha value is -1.32. The molecule has 0 aromatic heterocycles. The molecule has 4 nitrogen and oxygen atoms in total. The quantitative estimate of drug-likeness (QED) is 0.634. The van der Waals surface area contributed by atoms with Crippen LogP contribution < -0.4 is 11.1 Å². The van der Waals surface area contributed by atoms with E-state index in [0.717, 1.165) is 0 Å². The van der Waals surface area contributed by atoms with Gasteiger partial charge in [-0.05, 0) is 19.3 Å². The predicted molar refractivity (Wildman–Crippen MR) is 55.4 cm³/mol. The fourth-order valence-electron chi connectivity index (χ4n) is 0.999. The van der Waals surface area contributed by atoms with E-state index in [4.69, 9.17) is 5.73 Å². The molecule has 0 spiro atoms. The second-order valence-corrected chi connectivity index (χ2v) is 3.84. The van der Waals surface area contributed by atoms with E-state index < -0.39 is 11.9 Å². The average molecular weight is 198 g/mol. The molecule has 0 heterocycles. The lowest BCUT2D eigenvalue weighted by atomic mass is 10.0. The summed E-state index contributed by atoms with van der Waals surface area (Å²) in [6.07, 6.45) is 0.550. The number of carbonyl (C=O) groups excluding carboxylic acids is 2. The second kappa shape index (κ2) is 5.42. The molecule has 0 aliphatic rings. The number of nitrogens with two attached hydrogens (primary N) is 1. The lowest BCUT2D eigenvalue weighted by Gasteiger charge is -2.17. The van der Waals surface area contributed by atoms with E-state index in [0.29, 0.717) is 17.9 Å². The van der Waals surface area contributed by atoms with E-state index in [1.54, 1.807) is 6.92 Å². The van der Waals surface area contributed by atoms with Gasteiger partial charge in [-0.25, -0.2) is 0 Å². The molecule has 1 atom stereocenters. The maximum Gasteiger partial charge on any atom is 0.246 e. The summed E-state index contributed by atoms with van der Waals surface area (Å²) in [7, 11) is 0. The maximum absolute atomic E-state index is 11.2. The molecule has 2 amide bonds. The number of hydrogen-bond acceptors (Lipinski definition) is 2. The van der Waals surface area contributed by atoms with E-state index >= 15 is 0 Å². The van der Waals surface area contributed by atoms with E-state index in [-0.39, 0.29) is 5.91 Å². The third kappa shape index (κ3) is 4.64. The van der Waals surface area contributed by atoms with Gasteiger partial charge in [0.05, 0.1) is 0 Å². The molecule has 0 saturated carbocycles. The van der Waals surface area contributed by atoms with Crippen LogP contribution in [0.15, 0.2) is 12.2 Å². The van der Waals surface area contributed by atoms with E-state index in [1.807, 2.05) is 13.8 Å². The first-order valence-electron chi connectivity index (χ1n) is 4.60. The molecular weight excluding hydrogens is 180 g/mol. The van der Waals surface area contributed by atoms with Crippen LogP contribution in [0.5, 0.6) is 0 Å². The molecule has 0 bridgehead atoms. The molecule has 0 aromatic rings. The summed E-state index contributed by atoms with van der Waals surface area (Å²) in [5.74, 6) is -0.527. The lowest BCUT2D eigenvalue weighted by Crippen LogP contribution is -2.45. The van der Waals surface area contributed by atoms with Crippen molar-refractivity contribution in [2.45, 2.75) is 33.2 Å². The minimum absolute atomic E-state index is 0.304. The molecule has 0 aliphatic heterocycles. The molecule has 0 saturated heterocycles. The summed E-state index contributed by atoms with van der Waals surface area (Å²) in [6, 6.07) is -0.598. The standard InChI is InChI=1S/C10H18N2O2/c1-6(2)5-8(9(11)13)12-10(14)7(3)4/h6,8H,3,5H2,1-2,4H3,(H2,11,13)(H,12,14)/t8-/m0/s1. The van der Waals surface area contributed by atoms with Gasteiger partial charge in [-0.2, -0.15) is 0 Å². The number of hydrogen-bond donors (Lipinski definition) is 2. The molecule has 0 rings (SSSR count). The molecule has 4 heteroatoms. The highest BCUT2D eigenvalue weighted by Crippen LogP contribution is 2.04. The topological polar surface area (TPSA) is 72.2 Å². The summed E-state index contributed by atoms with van der Waals surface area (Å²) < 4.78 is 0. The lowest BCUT2D eigenvalue weighted by molar-refractivity contribution is -0.125. The highest BCUT2D eigenvalue weighted by atomic mass is 16.2. The Bertz CT molecular complexity index is 247. The number of rotatable bonds is 5. The smallest absolute Gasteiger partial charge is 0.246 e. The summed E-state index contributed by atoms with van der Waals surface area (Å²) in [5, 5.41) is 2.53. The first-order valence-corrected chi connectivity index (χ1v) is 4.60. The number of amides is 2. The van der Waals surface area contributed by atoms with Gasteiger partial charge in [0.15, 0.2) is 0 Å². The van der Waals surface area contributed by atoms with Crippen LogP contribution in [0.3, 0.4) is 0 Å². The van der Waals surface area contributed by atoms with Crippen molar-refractivity contribution in [1.29, 1.82) is 0 Å². The van der Waals surface area contributed by atoms with Crippen molar-refractivity contribution in [2.24, 2.45) is 11.7 Å². The molecule has 0 fully saturated rings. The largest absolute Gasteiger partial charge is 0.368 e. The fourth-order valence-corrected chi connectivity index (χ4v) is 0.999.